The molecule has 0 bridgehead atoms. The van der Waals surface area contributed by atoms with E-state index in [9.17, 15) is 9.59 Å². The van der Waals surface area contributed by atoms with Gasteiger partial charge in [0, 0.05) is 46.0 Å². The Kier molecular flexibility index (Phi) is 4.66. The van der Waals surface area contributed by atoms with Gasteiger partial charge < -0.3 is 24.6 Å². The van der Waals surface area contributed by atoms with Crippen molar-refractivity contribution >= 4 is 23.3 Å². The summed E-state index contributed by atoms with van der Waals surface area (Å²) in [6.45, 7) is 4.17. The fraction of sp³-hybridized carbons (Fsp3) is 0.381. The fourth-order valence-electron chi connectivity index (χ4n) is 3.96. The molecule has 156 valence electrons. The maximum Gasteiger partial charge on any atom is 0.255 e. The molecule has 1 aromatic heterocycles. The van der Waals surface area contributed by atoms with Crippen LogP contribution in [0.1, 0.15) is 15.9 Å². The highest BCUT2D eigenvalue weighted by Crippen LogP contribution is 2.33. The van der Waals surface area contributed by atoms with E-state index in [4.69, 9.17) is 9.47 Å². The van der Waals surface area contributed by atoms with E-state index in [0.29, 0.717) is 30.2 Å². The minimum Gasteiger partial charge on any atom is -0.454 e. The summed E-state index contributed by atoms with van der Waals surface area (Å²) in [5.74, 6) is 2.10. The number of piperazine rings is 1. The zero-order chi connectivity index (χ0) is 20.7. The molecule has 3 aliphatic rings. The number of anilines is 2. The first-order valence-electron chi connectivity index (χ1n) is 9.99. The maximum atomic E-state index is 13.0. The van der Waals surface area contributed by atoms with Gasteiger partial charge in [-0.05, 0) is 23.8 Å². The molecule has 0 unspecified atom stereocenters. The SMILES string of the molecule is CN1C(=O)CNc2ncc(C(=O)N3CCN(Cc4ccc5c(c4)OCO5)CC3)cc21. The molecular weight excluding hydrogens is 386 g/mol. The van der Waals surface area contributed by atoms with Crippen LogP contribution in [0, 0.1) is 0 Å². The van der Waals surface area contributed by atoms with Crippen LogP contribution in [0.4, 0.5) is 11.5 Å². The molecule has 1 aromatic carbocycles. The third-order valence-electron chi connectivity index (χ3n) is 5.76. The average molecular weight is 409 g/mol. The van der Waals surface area contributed by atoms with E-state index in [1.165, 1.54) is 0 Å². The number of hydrogen-bond acceptors (Lipinski definition) is 7. The van der Waals surface area contributed by atoms with Crippen molar-refractivity contribution in [2.75, 3.05) is 56.8 Å². The first kappa shape index (κ1) is 18.7. The summed E-state index contributed by atoms with van der Waals surface area (Å²) in [5.41, 5.74) is 2.30. The van der Waals surface area contributed by atoms with E-state index >= 15 is 0 Å². The molecule has 1 N–H and O–H groups in total. The third-order valence-corrected chi connectivity index (χ3v) is 5.76. The second kappa shape index (κ2) is 7.49. The van der Waals surface area contributed by atoms with Gasteiger partial charge in [0.05, 0.1) is 17.8 Å². The summed E-state index contributed by atoms with van der Waals surface area (Å²) in [6.07, 6.45) is 1.58. The second-order valence-electron chi connectivity index (χ2n) is 7.65. The molecular formula is C21H23N5O4. The Hall–Kier alpha value is -3.33. The maximum absolute atomic E-state index is 13.0. The van der Waals surface area contributed by atoms with Gasteiger partial charge in [-0.15, -0.1) is 0 Å². The number of pyridine rings is 1. The quantitative estimate of drug-likeness (QED) is 0.814. The van der Waals surface area contributed by atoms with Crippen LogP contribution in [0.3, 0.4) is 0 Å². The Morgan fingerprint density at radius 1 is 1.13 bits per heavy atom. The zero-order valence-electron chi connectivity index (χ0n) is 16.8. The summed E-state index contributed by atoms with van der Waals surface area (Å²) >= 11 is 0. The monoisotopic (exact) mass is 409 g/mol. The number of aromatic nitrogens is 1. The first-order chi connectivity index (χ1) is 14.6. The van der Waals surface area contributed by atoms with E-state index in [0.717, 1.165) is 36.7 Å². The summed E-state index contributed by atoms with van der Waals surface area (Å²) in [7, 11) is 1.70. The van der Waals surface area contributed by atoms with Crippen molar-refractivity contribution in [3.05, 3.63) is 41.6 Å². The molecule has 1 fully saturated rings. The van der Waals surface area contributed by atoms with Crippen molar-refractivity contribution in [2.45, 2.75) is 6.54 Å². The number of hydrogen-bond donors (Lipinski definition) is 1. The zero-order valence-corrected chi connectivity index (χ0v) is 16.8. The lowest BCUT2D eigenvalue weighted by atomic mass is 10.1. The van der Waals surface area contributed by atoms with E-state index in [1.54, 1.807) is 24.2 Å². The molecule has 2 amide bonds. The second-order valence-corrected chi connectivity index (χ2v) is 7.65. The van der Waals surface area contributed by atoms with Crippen LogP contribution in [0.5, 0.6) is 11.5 Å². The van der Waals surface area contributed by atoms with Gasteiger partial charge in [0.15, 0.2) is 11.5 Å². The number of nitrogens with zero attached hydrogens (tertiary/aromatic N) is 4. The van der Waals surface area contributed by atoms with Gasteiger partial charge in [0.2, 0.25) is 12.7 Å². The van der Waals surface area contributed by atoms with Crippen molar-refractivity contribution in [3.8, 4) is 11.5 Å². The predicted octanol–water partition coefficient (Wildman–Crippen LogP) is 1.16. The molecule has 0 spiro atoms. The molecule has 9 heteroatoms. The molecule has 0 atom stereocenters. The van der Waals surface area contributed by atoms with Gasteiger partial charge in [-0.3, -0.25) is 14.5 Å². The highest BCUT2D eigenvalue weighted by Gasteiger charge is 2.26. The summed E-state index contributed by atoms with van der Waals surface area (Å²) < 4.78 is 10.8. The normalized spacial score (nSPS) is 18.2. The van der Waals surface area contributed by atoms with Gasteiger partial charge in [-0.25, -0.2) is 4.98 Å². The van der Waals surface area contributed by atoms with Crippen LogP contribution in [0.2, 0.25) is 0 Å². The van der Waals surface area contributed by atoms with Gasteiger partial charge in [-0.1, -0.05) is 6.07 Å². The van der Waals surface area contributed by atoms with Gasteiger partial charge in [0.25, 0.3) is 5.91 Å². The largest absolute Gasteiger partial charge is 0.454 e. The fourth-order valence-corrected chi connectivity index (χ4v) is 3.96. The molecule has 0 aliphatic carbocycles. The lowest BCUT2D eigenvalue weighted by Gasteiger charge is -2.35. The summed E-state index contributed by atoms with van der Waals surface area (Å²) in [5, 5.41) is 2.98. The van der Waals surface area contributed by atoms with Gasteiger partial charge in [-0.2, -0.15) is 0 Å². The standard InChI is InChI=1S/C21H23N5O4/c1-24-16-9-15(10-22-20(16)23-11-19(24)27)21(28)26-6-4-25(5-7-26)12-14-2-3-17-18(8-14)30-13-29-17/h2-3,8-10H,4-7,11-13H2,1H3,(H,22,23). The van der Waals surface area contributed by atoms with E-state index in [1.807, 2.05) is 17.0 Å². The number of likely N-dealkylation sites (N-methyl/N-ethyl adjacent to an activating group) is 1. The first-order valence-corrected chi connectivity index (χ1v) is 9.99. The molecule has 5 rings (SSSR count). The Labute approximate surface area is 174 Å². The Morgan fingerprint density at radius 2 is 1.93 bits per heavy atom. The average Bonchev–Trinajstić information content (AvgIpc) is 3.24. The smallest absolute Gasteiger partial charge is 0.255 e. The van der Waals surface area contributed by atoms with E-state index in [-0.39, 0.29) is 25.2 Å². The number of amides is 2. The van der Waals surface area contributed by atoms with Crippen LogP contribution in [-0.4, -0.2) is 73.2 Å². The molecule has 0 radical (unpaired) electrons. The number of ether oxygens (including phenoxy) is 2. The van der Waals surface area contributed by atoms with Crippen LogP contribution >= 0.6 is 0 Å². The minimum absolute atomic E-state index is 0.0500. The number of rotatable bonds is 3. The van der Waals surface area contributed by atoms with Gasteiger partial charge in [0.1, 0.15) is 5.82 Å². The van der Waals surface area contributed by atoms with Crippen molar-refractivity contribution in [1.82, 2.24) is 14.8 Å². The molecule has 4 heterocycles. The highest BCUT2D eigenvalue weighted by atomic mass is 16.7. The lowest BCUT2D eigenvalue weighted by Crippen LogP contribution is -2.48. The van der Waals surface area contributed by atoms with E-state index < -0.39 is 0 Å². The van der Waals surface area contributed by atoms with Crippen LogP contribution in [-0.2, 0) is 11.3 Å². The van der Waals surface area contributed by atoms with Crippen molar-refractivity contribution in [2.24, 2.45) is 0 Å². The summed E-state index contributed by atoms with van der Waals surface area (Å²) in [6, 6.07) is 7.75. The molecule has 2 aromatic rings. The third kappa shape index (κ3) is 3.41. The molecule has 30 heavy (non-hydrogen) atoms. The van der Waals surface area contributed by atoms with E-state index in [2.05, 4.69) is 21.3 Å². The molecule has 0 saturated carbocycles. The van der Waals surface area contributed by atoms with Crippen molar-refractivity contribution in [3.63, 3.8) is 0 Å². The van der Waals surface area contributed by atoms with Crippen molar-refractivity contribution in [1.29, 1.82) is 0 Å². The van der Waals surface area contributed by atoms with Crippen LogP contribution in [0.25, 0.3) is 0 Å². The van der Waals surface area contributed by atoms with Crippen molar-refractivity contribution < 1.29 is 19.1 Å². The Morgan fingerprint density at radius 3 is 2.77 bits per heavy atom. The Balaban J connectivity index is 1.21. The number of nitrogens with one attached hydrogen (secondary N) is 1. The number of benzene rings is 1. The minimum atomic E-state index is -0.0561. The van der Waals surface area contributed by atoms with Gasteiger partial charge >= 0.3 is 0 Å². The lowest BCUT2D eigenvalue weighted by molar-refractivity contribution is -0.116. The summed E-state index contributed by atoms with van der Waals surface area (Å²) in [4.78, 5) is 34.9. The topological polar surface area (TPSA) is 87.2 Å². The predicted molar refractivity (Wildman–Crippen MR) is 110 cm³/mol. The highest BCUT2D eigenvalue weighted by molar-refractivity contribution is 6.03. The van der Waals surface area contributed by atoms with Crippen LogP contribution < -0.4 is 19.7 Å². The Bertz CT molecular complexity index is 1000. The van der Waals surface area contributed by atoms with Crippen LogP contribution in [0.15, 0.2) is 30.5 Å². The number of carbonyl (C=O) groups is 2. The number of carbonyl (C=O) groups excluding carboxylic acids is 2. The molecule has 1 saturated heterocycles. The molecule has 9 nitrogen and oxygen atoms in total. The molecule has 3 aliphatic heterocycles. The number of fused-ring (bicyclic) bond motifs is 2.